The molecule has 0 amide bonds. The van der Waals surface area contributed by atoms with E-state index in [4.69, 9.17) is 0 Å². The monoisotopic (exact) mass is 314 g/mol. The summed E-state index contributed by atoms with van der Waals surface area (Å²) in [7, 11) is -1.35. The van der Waals surface area contributed by atoms with Crippen LogP contribution >= 0.6 is 11.8 Å². The van der Waals surface area contributed by atoms with Crippen molar-refractivity contribution in [2.45, 2.75) is 18.7 Å². The van der Waals surface area contributed by atoms with Gasteiger partial charge in [0.2, 0.25) is 10.0 Å². The Labute approximate surface area is 125 Å². The second-order valence-corrected chi connectivity index (χ2v) is 8.14. The fraction of sp³-hybridized carbons (Fsp3) is 0.571. The highest BCUT2D eigenvalue weighted by atomic mass is 32.2. The van der Waals surface area contributed by atoms with E-state index in [1.54, 1.807) is 0 Å². The summed E-state index contributed by atoms with van der Waals surface area (Å²) in [4.78, 5) is 0. The Kier molecular flexibility index (Phi) is 5.89. The largest absolute Gasteiger partial charge is 0.316 e. The predicted molar refractivity (Wildman–Crippen MR) is 85.3 cm³/mol. The third-order valence-electron chi connectivity index (χ3n) is 3.34. The number of nitrogens with one attached hydrogen (secondary N) is 2. The molecule has 1 aliphatic heterocycles. The van der Waals surface area contributed by atoms with Gasteiger partial charge in [0.25, 0.3) is 0 Å². The quantitative estimate of drug-likeness (QED) is 0.802. The lowest BCUT2D eigenvalue weighted by atomic mass is 10.1. The van der Waals surface area contributed by atoms with Crippen LogP contribution in [0.4, 0.5) is 0 Å². The Balaban J connectivity index is 1.91. The highest BCUT2D eigenvalue weighted by Gasteiger charge is 2.19. The van der Waals surface area contributed by atoms with Gasteiger partial charge in [-0.25, -0.2) is 13.1 Å². The van der Waals surface area contributed by atoms with E-state index >= 15 is 0 Å². The summed E-state index contributed by atoms with van der Waals surface area (Å²) in [5.41, 5.74) is 1.94. The lowest BCUT2D eigenvalue weighted by Crippen LogP contribution is -2.30. The number of benzene rings is 1. The average Bonchev–Trinajstić information content (AvgIpc) is 2.90. The minimum atomic E-state index is -3.23. The Morgan fingerprint density at radius 3 is 2.85 bits per heavy atom. The van der Waals surface area contributed by atoms with E-state index in [0.29, 0.717) is 12.5 Å². The van der Waals surface area contributed by atoms with Gasteiger partial charge in [-0.15, -0.1) is 0 Å². The SMILES string of the molecule is CNCc1cccc(CS(=O)(=O)NCC2CCSC2)c1. The van der Waals surface area contributed by atoms with E-state index in [0.717, 1.165) is 35.6 Å². The molecule has 20 heavy (non-hydrogen) atoms. The summed E-state index contributed by atoms with van der Waals surface area (Å²) >= 11 is 1.90. The van der Waals surface area contributed by atoms with Gasteiger partial charge in [-0.05, 0) is 42.0 Å². The molecule has 1 atom stereocenters. The molecule has 1 aliphatic rings. The molecule has 4 nitrogen and oxygen atoms in total. The Bertz CT molecular complexity index is 526. The molecule has 1 aromatic carbocycles. The van der Waals surface area contributed by atoms with Gasteiger partial charge in [0.1, 0.15) is 0 Å². The van der Waals surface area contributed by atoms with Gasteiger partial charge in [-0.1, -0.05) is 24.3 Å². The van der Waals surface area contributed by atoms with Crippen LogP contribution in [0.2, 0.25) is 0 Å². The topological polar surface area (TPSA) is 58.2 Å². The highest BCUT2D eigenvalue weighted by Crippen LogP contribution is 2.22. The molecule has 2 N–H and O–H groups in total. The maximum atomic E-state index is 12.1. The van der Waals surface area contributed by atoms with Crippen LogP contribution in [0.15, 0.2) is 24.3 Å². The number of rotatable bonds is 7. The van der Waals surface area contributed by atoms with Crippen molar-refractivity contribution in [2.24, 2.45) is 5.92 Å². The van der Waals surface area contributed by atoms with E-state index in [2.05, 4.69) is 10.0 Å². The molecular weight excluding hydrogens is 292 g/mol. The molecule has 0 saturated carbocycles. The number of thioether (sulfide) groups is 1. The maximum absolute atomic E-state index is 12.1. The minimum absolute atomic E-state index is 0.0599. The van der Waals surface area contributed by atoms with E-state index in [1.165, 1.54) is 0 Å². The number of hydrogen-bond acceptors (Lipinski definition) is 4. The van der Waals surface area contributed by atoms with Gasteiger partial charge in [0, 0.05) is 13.1 Å². The van der Waals surface area contributed by atoms with Crippen LogP contribution in [0, 0.1) is 5.92 Å². The van der Waals surface area contributed by atoms with Crippen LogP contribution in [-0.2, 0) is 22.3 Å². The van der Waals surface area contributed by atoms with Gasteiger partial charge in [-0.2, -0.15) is 11.8 Å². The first-order chi connectivity index (χ1) is 9.59. The molecule has 0 radical (unpaired) electrons. The molecule has 112 valence electrons. The average molecular weight is 314 g/mol. The van der Waals surface area contributed by atoms with E-state index in [-0.39, 0.29) is 5.75 Å². The summed E-state index contributed by atoms with van der Waals surface area (Å²) in [5.74, 6) is 2.77. The zero-order valence-corrected chi connectivity index (χ0v) is 13.4. The first kappa shape index (κ1) is 15.8. The molecule has 0 bridgehead atoms. The van der Waals surface area contributed by atoms with Crippen molar-refractivity contribution in [3.63, 3.8) is 0 Å². The lowest BCUT2D eigenvalue weighted by Gasteiger charge is -2.11. The molecule has 1 fully saturated rings. The molecule has 2 rings (SSSR count). The molecule has 0 aromatic heterocycles. The highest BCUT2D eigenvalue weighted by molar-refractivity contribution is 7.99. The van der Waals surface area contributed by atoms with Gasteiger partial charge in [0.15, 0.2) is 0 Å². The number of hydrogen-bond donors (Lipinski definition) is 2. The normalized spacial score (nSPS) is 19.4. The molecule has 6 heteroatoms. The lowest BCUT2D eigenvalue weighted by molar-refractivity contribution is 0.545. The fourth-order valence-corrected chi connectivity index (χ4v) is 4.79. The van der Waals surface area contributed by atoms with E-state index in [1.807, 2.05) is 43.1 Å². The Morgan fingerprint density at radius 1 is 1.35 bits per heavy atom. The maximum Gasteiger partial charge on any atom is 0.215 e. The fourth-order valence-electron chi connectivity index (χ4n) is 2.29. The van der Waals surface area contributed by atoms with Crippen molar-refractivity contribution in [1.82, 2.24) is 10.0 Å². The standard InChI is InChI=1S/C14H22N2O2S2/c1-15-8-12-3-2-4-13(7-12)11-20(17,18)16-9-14-5-6-19-10-14/h2-4,7,14-16H,5-6,8-11H2,1H3. The third kappa shape index (κ3) is 5.09. The summed E-state index contributed by atoms with van der Waals surface area (Å²) in [5, 5.41) is 3.07. The molecule has 1 aromatic rings. The van der Waals surface area contributed by atoms with Crippen molar-refractivity contribution in [3.8, 4) is 0 Å². The number of sulfonamides is 1. The Morgan fingerprint density at radius 2 is 2.15 bits per heavy atom. The molecule has 1 saturated heterocycles. The van der Waals surface area contributed by atoms with Crippen LogP contribution in [0.5, 0.6) is 0 Å². The van der Waals surface area contributed by atoms with Gasteiger partial charge < -0.3 is 5.32 Å². The van der Waals surface area contributed by atoms with Gasteiger partial charge in [0.05, 0.1) is 5.75 Å². The smallest absolute Gasteiger partial charge is 0.215 e. The first-order valence-corrected chi connectivity index (χ1v) is 9.67. The second kappa shape index (κ2) is 7.45. The molecular formula is C14H22N2O2S2. The van der Waals surface area contributed by atoms with E-state index < -0.39 is 10.0 Å². The summed E-state index contributed by atoms with van der Waals surface area (Å²) in [6, 6.07) is 7.71. The van der Waals surface area contributed by atoms with Crippen LogP contribution < -0.4 is 10.0 Å². The van der Waals surface area contributed by atoms with Gasteiger partial charge in [-0.3, -0.25) is 0 Å². The van der Waals surface area contributed by atoms with Crippen molar-refractivity contribution >= 4 is 21.8 Å². The molecule has 0 spiro atoms. The van der Waals surface area contributed by atoms with Crippen LogP contribution in [0.1, 0.15) is 17.5 Å². The van der Waals surface area contributed by atoms with Crippen molar-refractivity contribution in [2.75, 3.05) is 25.1 Å². The predicted octanol–water partition coefficient (Wildman–Crippen LogP) is 1.58. The summed E-state index contributed by atoms with van der Waals surface area (Å²) in [6.07, 6.45) is 1.12. The molecule has 1 heterocycles. The van der Waals surface area contributed by atoms with Crippen molar-refractivity contribution in [3.05, 3.63) is 35.4 Å². The molecule has 0 aliphatic carbocycles. The van der Waals surface area contributed by atoms with Crippen LogP contribution in [0.3, 0.4) is 0 Å². The summed E-state index contributed by atoms with van der Waals surface area (Å²) < 4.78 is 26.9. The first-order valence-electron chi connectivity index (χ1n) is 6.86. The van der Waals surface area contributed by atoms with Crippen LogP contribution in [0.25, 0.3) is 0 Å². The second-order valence-electron chi connectivity index (χ2n) is 5.19. The molecule has 1 unspecified atom stereocenters. The third-order valence-corrected chi connectivity index (χ3v) is 5.90. The van der Waals surface area contributed by atoms with Crippen molar-refractivity contribution < 1.29 is 8.42 Å². The van der Waals surface area contributed by atoms with Crippen LogP contribution in [-0.4, -0.2) is 33.5 Å². The minimum Gasteiger partial charge on any atom is -0.316 e. The van der Waals surface area contributed by atoms with Crippen molar-refractivity contribution in [1.29, 1.82) is 0 Å². The van der Waals surface area contributed by atoms with E-state index in [9.17, 15) is 8.42 Å². The zero-order valence-electron chi connectivity index (χ0n) is 11.8. The zero-order chi connectivity index (χ0) is 14.4. The Hall–Kier alpha value is -0.560. The van der Waals surface area contributed by atoms with Gasteiger partial charge >= 0.3 is 0 Å². The summed E-state index contributed by atoms with van der Waals surface area (Å²) in [6.45, 7) is 1.33.